The third kappa shape index (κ3) is 3.38. The molecule has 20 heavy (non-hydrogen) atoms. The van der Waals surface area contributed by atoms with Gasteiger partial charge in [-0.25, -0.2) is 9.71 Å². The van der Waals surface area contributed by atoms with E-state index in [1.54, 1.807) is 24.4 Å². The summed E-state index contributed by atoms with van der Waals surface area (Å²) in [5.74, 6) is -0.00273. The topological polar surface area (TPSA) is 117 Å². The third-order valence-corrected chi connectivity index (χ3v) is 4.40. The second-order valence-electron chi connectivity index (χ2n) is 3.91. The third-order valence-electron chi connectivity index (χ3n) is 2.38. The first-order valence-electron chi connectivity index (χ1n) is 5.73. The zero-order valence-corrected chi connectivity index (χ0v) is 12.3. The van der Waals surface area contributed by atoms with Gasteiger partial charge in [0.05, 0.1) is 11.4 Å². The van der Waals surface area contributed by atoms with Gasteiger partial charge in [0.2, 0.25) is 0 Å². The van der Waals surface area contributed by atoms with Gasteiger partial charge in [-0.15, -0.1) is 11.3 Å². The Bertz CT molecular complexity index is 712. The van der Waals surface area contributed by atoms with Gasteiger partial charge in [0.1, 0.15) is 5.75 Å². The van der Waals surface area contributed by atoms with Crippen LogP contribution >= 0.6 is 11.3 Å². The number of hydrogen-bond donors (Lipinski definition) is 4. The van der Waals surface area contributed by atoms with E-state index in [2.05, 4.69) is 14.4 Å². The van der Waals surface area contributed by atoms with E-state index >= 15 is 0 Å². The van der Waals surface area contributed by atoms with Gasteiger partial charge in [-0.2, -0.15) is 13.1 Å². The molecule has 9 heteroatoms. The predicted molar refractivity (Wildman–Crippen MR) is 79.8 cm³/mol. The highest BCUT2D eigenvalue weighted by atomic mass is 32.2. The van der Waals surface area contributed by atoms with Crippen molar-refractivity contribution in [3.8, 4) is 17.0 Å². The van der Waals surface area contributed by atoms with Gasteiger partial charge in [0.25, 0.3) is 0 Å². The maximum absolute atomic E-state index is 11.5. The number of thiazole rings is 1. The van der Waals surface area contributed by atoms with E-state index < -0.39 is 10.2 Å². The molecule has 7 nitrogen and oxygen atoms in total. The van der Waals surface area contributed by atoms with Gasteiger partial charge in [-0.05, 0) is 18.2 Å². The molecular formula is C11H14N4O3S2. The molecule has 2 rings (SSSR count). The van der Waals surface area contributed by atoms with E-state index in [1.807, 2.05) is 0 Å². The SMILES string of the molecule is CCNS(=O)(=O)Nc1nc(-c2ccc(O)c(N)c2)cs1. The molecule has 2 aromatic rings. The molecule has 0 bridgehead atoms. The van der Waals surface area contributed by atoms with Crippen LogP contribution in [-0.2, 0) is 10.2 Å². The lowest BCUT2D eigenvalue weighted by atomic mass is 10.1. The van der Waals surface area contributed by atoms with E-state index in [9.17, 15) is 13.5 Å². The van der Waals surface area contributed by atoms with Crippen molar-refractivity contribution >= 4 is 32.4 Å². The van der Waals surface area contributed by atoms with Crippen LogP contribution in [0.1, 0.15) is 6.92 Å². The van der Waals surface area contributed by atoms with Crippen molar-refractivity contribution in [3.63, 3.8) is 0 Å². The summed E-state index contributed by atoms with van der Waals surface area (Å²) in [6, 6.07) is 4.70. The molecule has 0 fully saturated rings. The van der Waals surface area contributed by atoms with Crippen molar-refractivity contribution in [2.75, 3.05) is 17.0 Å². The van der Waals surface area contributed by atoms with Crippen LogP contribution in [0.5, 0.6) is 5.75 Å². The lowest BCUT2D eigenvalue weighted by Crippen LogP contribution is -2.29. The van der Waals surface area contributed by atoms with Crippen LogP contribution in [-0.4, -0.2) is 25.1 Å². The molecule has 0 saturated carbocycles. The second kappa shape index (κ2) is 5.65. The quantitative estimate of drug-likeness (QED) is 0.491. The number of nitrogens with one attached hydrogen (secondary N) is 2. The molecule has 0 aliphatic heterocycles. The minimum atomic E-state index is -3.59. The largest absolute Gasteiger partial charge is 0.506 e. The molecule has 1 aromatic carbocycles. The molecule has 1 aromatic heterocycles. The van der Waals surface area contributed by atoms with Crippen molar-refractivity contribution in [3.05, 3.63) is 23.6 Å². The molecular weight excluding hydrogens is 300 g/mol. The van der Waals surface area contributed by atoms with Crippen LogP contribution in [0.15, 0.2) is 23.6 Å². The highest BCUT2D eigenvalue weighted by Gasteiger charge is 2.12. The predicted octanol–water partition coefficient (Wildman–Crippen LogP) is 1.36. The number of aromatic hydroxyl groups is 1. The molecule has 0 atom stereocenters. The number of phenols is 1. The first-order valence-corrected chi connectivity index (χ1v) is 8.09. The number of anilines is 2. The fourth-order valence-corrected chi connectivity index (χ4v) is 3.32. The van der Waals surface area contributed by atoms with Crippen LogP contribution < -0.4 is 15.2 Å². The average Bonchev–Trinajstić information content (AvgIpc) is 2.80. The van der Waals surface area contributed by atoms with Crippen LogP contribution in [0.4, 0.5) is 10.8 Å². The highest BCUT2D eigenvalue weighted by Crippen LogP contribution is 2.29. The van der Waals surface area contributed by atoms with E-state index in [0.29, 0.717) is 17.8 Å². The number of rotatable bonds is 5. The van der Waals surface area contributed by atoms with Crippen LogP contribution in [0, 0.1) is 0 Å². The van der Waals surface area contributed by atoms with E-state index in [-0.39, 0.29) is 16.6 Å². The molecule has 108 valence electrons. The molecule has 0 unspecified atom stereocenters. The first kappa shape index (κ1) is 14.6. The number of nitrogens with zero attached hydrogens (tertiary/aromatic N) is 1. The summed E-state index contributed by atoms with van der Waals surface area (Å²) in [7, 11) is -3.59. The molecule has 0 aliphatic rings. The molecule has 0 saturated heterocycles. The Morgan fingerprint density at radius 3 is 2.85 bits per heavy atom. The zero-order valence-electron chi connectivity index (χ0n) is 10.6. The van der Waals surface area contributed by atoms with Gasteiger partial charge in [0.15, 0.2) is 5.13 Å². The smallest absolute Gasteiger partial charge is 0.300 e. The Kier molecular flexibility index (Phi) is 4.12. The Hall–Kier alpha value is -1.84. The Labute approximate surface area is 120 Å². The summed E-state index contributed by atoms with van der Waals surface area (Å²) in [4.78, 5) is 4.17. The first-order chi connectivity index (χ1) is 9.41. The van der Waals surface area contributed by atoms with Gasteiger partial charge in [-0.1, -0.05) is 6.92 Å². The van der Waals surface area contributed by atoms with Crippen LogP contribution in [0.2, 0.25) is 0 Å². The summed E-state index contributed by atoms with van der Waals surface area (Å²) < 4.78 is 27.7. The minimum absolute atomic E-state index is 0.00273. The molecule has 0 spiro atoms. The Morgan fingerprint density at radius 2 is 2.20 bits per heavy atom. The number of hydrogen-bond acceptors (Lipinski definition) is 6. The molecule has 0 aliphatic carbocycles. The van der Waals surface area contributed by atoms with Gasteiger partial charge < -0.3 is 10.8 Å². The summed E-state index contributed by atoms with van der Waals surface area (Å²) >= 11 is 1.16. The van der Waals surface area contributed by atoms with Crippen molar-refractivity contribution in [2.24, 2.45) is 0 Å². The number of benzene rings is 1. The summed E-state index contributed by atoms with van der Waals surface area (Å²) in [5.41, 5.74) is 7.13. The molecule has 0 radical (unpaired) electrons. The van der Waals surface area contributed by atoms with E-state index in [0.717, 1.165) is 11.3 Å². The van der Waals surface area contributed by atoms with E-state index in [4.69, 9.17) is 5.73 Å². The highest BCUT2D eigenvalue weighted by molar-refractivity contribution is 7.91. The maximum atomic E-state index is 11.5. The van der Waals surface area contributed by atoms with Crippen molar-refractivity contribution in [1.29, 1.82) is 0 Å². The molecule has 5 N–H and O–H groups in total. The van der Waals surface area contributed by atoms with E-state index in [1.165, 1.54) is 6.07 Å². The number of aromatic nitrogens is 1. The van der Waals surface area contributed by atoms with Crippen molar-refractivity contribution in [2.45, 2.75) is 6.92 Å². The standard InChI is InChI=1S/C11H14N4O3S2/c1-2-13-20(17,18)15-11-14-9(6-19-11)7-3-4-10(16)8(12)5-7/h3-6,13,16H,2,12H2,1H3,(H,14,15). The van der Waals surface area contributed by atoms with Gasteiger partial charge in [-0.3, -0.25) is 0 Å². The fraction of sp³-hybridized carbons (Fsp3) is 0.182. The lowest BCUT2D eigenvalue weighted by Gasteiger charge is -2.04. The van der Waals surface area contributed by atoms with Crippen LogP contribution in [0.3, 0.4) is 0 Å². The van der Waals surface area contributed by atoms with Gasteiger partial charge in [0, 0.05) is 17.5 Å². The lowest BCUT2D eigenvalue weighted by molar-refractivity contribution is 0.478. The number of phenolic OH excluding ortho intramolecular Hbond substituents is 1. The van der Waals surface area contributed by atoms with Crippen molar-refractivity contribution < 1.29 is 13.5 Å². The number of nitrogen functional groups attached to an aromatic ring is 1. The van der Waals surface area contributed by atoms with Crippen molar-refractivity contribution in [1.82, 2.24) is 9.71 Å². The minimum Gasteiger partial charge on any atom is -0.506 e. The average molecular weight is 314 g/mol. The Balaban J connectivity index is 2.22. The fourth-order valence-electron chi connectivity index (χ4n) is 1.51. The van der Waals surface area contributed by atoms with Crippen LogP contribution in [0.25, 0.3) is 11.3 Å². The Morgan fingerprint density at radius 1 is 1.45 bits per heavy atom. The molecule has 0 amide bonds. The maximum Gasteiger partial charge on any atom is 0.300 e. The van der Waals surface area contributed by atoms with Gasteiger partial charge >= 0.3 is 10.2 Å². The normalized spacial score (nSPS) is 11.4. The summed E-state index contributed by atoms with van der Waals surface area (Å²) in [6.45, 7) is 1.98. The molecule has 1 heterocycles. The summed E-state index contributed by atoms with van der Waals surface area (Å²) in [5, 5.41) is 11.3. The zero-order chi connectivity index (χ0) is 14.8. The number of nitrogens with two attached hydrogens (primary N) is 1. The monoisotopic (exact) mass is 314 g/mol. The summed E-state index contributed by atoms with van der Waals surface area (Å²) in [6.07, 6.45) is 0. The second-order valence-corrected chi connectivity index (χ2v) is 6.27.